The van der Waals surface area contributed by atoms with Crippen LogP contribution >= 0.6 is 23.2 Å². The summed E-state index contributed by atoms with van der Waals surface area (Å²) in [7, 11) is 0. The van der Waals surface area contributed by atoms with Crippen LogP contribution in [0.3, 0.4) is 0 Å². The number of hydrogen-bond acceptors (Lipinski definition) is 8. The molecular formula is C35H39Cl2FN8. The first-order valence-electron chi connectivity index (χ1n) is 15.2. The lowest BCUT2D eigenvalue weighted by Gasteiger charge is -2.42. The Labute approximate surface area is 280 Å². The van der Waals surface area contributed by atoms with Gasteiger partial charge >= 0.3 is 0 Å². The van der Waals surface area contributed by atoms with Crippen LogP contribution in [0.4, 0.5) is 21.5 Å². The standard InChI is InChI=1S/C35H39Cl2FN8/c1-6-7-8-10-22(2)32(30-21-46(44-43-30)25-13-15-45(16-14-25)35(3,4)5)41-24-17-26-33(42-29-12-9-11-27(36)31(29)38)23(19-39)20-40-34(26)28(37)18-24/h6-12,17-18,20-21,25,32,41,43-44H,2,13-16H2,1,3-5H3,(H,40,42)/b7-6-,10-8-/t32-/m0/s1. The average Bonchev–Trinajstić information content (AvgIpc) is 3.52. The van der Waals surface area contributed by atoms with Crippen molar-refractivity contribution < 1.29 is 4.39 Å². The zero-order chi connectivity index (χ0) is 33.0. The molecule has 1 fully saturated rings. The molecule has 3 aromatic rings. The van der Waals surface area contributed by atoms with Gasteiger partial charge in [-0.2, -0.15) is 5.26 Å². The van der Waals surface area contributed by atoms with Crippen molar-refractivity contribution in [3.63, 3.8) is 0 Å². The summed E-state index contributed by atoms with van der Waals surface area (Å²) in [6, 6.07) is 10.4. The van der Waals surface area contributed by atoms with Crippen molar-refractivity contribution in [3.8, 4) is 6.07 Å². The second-order valence-electron chi connectivity index (χ2n) is 12.4. The highest BCUT2D eigenvalue weighted by molar-refractivity contribution is 6.36. The number of anilines is 3. The molecule has 1 aromatic heterocycles. The maximum atomic E-state index is 14.9. The molecule has 8 nitrogen and oxygen atoms in total. The Hall–Kier alpha value is -4.07. The van der Waals surface area contributed by atoms with E-state index in [1.807, 2.05) is 37.3 Å². The van der Waals surface area contributed by atoms with E-state index in [0.717, 1.165) is 37.2 Å². The van der Waals surface area contributed by atoms with Crippen LogP contribution in [0.1, 0.15) is 46.1 Å². The van der Waals surface area contributed by atoms with E-state index < -0.39 is 5.82 Å². The predicted octanol–water partition coefficient (Wildman–Crippen LogP) is 8.19. The predicted molar refractivity (Wildman–Crippen MR) is 187 cm³/mol. The number of nitrogens with zero attached hydrogens (tertiary/aromatic N) is 4. The largest absolute Gasteiger partial charge is 0.373 e. The summed E-state index contributed by atoms with van der Waals surface area (Å²) in [5.41, 5.74) is 10.4. The van der Waals surface area contributed by atoms with Gasteiger partial charge in [-0.1, -0.05) is 60.2 Å². The molecule has 1 saturated heterocycles. The normalized spacial score (nSPS) is 16.9. The average molecular weight is 662 g/mol. The molecule has 2 aromatic carbocycles. The van der Waals surface area contributed by atoms with Crippen LogP contribution in [-0.2, 0) is 0 Å². The van der Waals surface area contributed by atoms with Crippen LogP contribution in [-0.4, -0.2) is 45.6 Å². The third-order valence-corrected chi connectivity index (χ3v) is 8.86. The zero-order valence-electron chi connectivity index (χ0n) is 26.5. The van der Waals surface area contributed by atoms with E-state index in [9.17, 15) is 9.65 Å². The lowest BCUT2D eigenvalue weighted by atomic mass is 9.98. The molecular weight excluding hydrogens is 622 g/mol. The van der Waals surface area contributed by atoms with Gasteiger partial charge in [0.05, 0.1) is 44.2 Å². The van der Waals surface area contributed by atoms with Gasteiger partial charge in [0.1, 0.15) is 6.07 Å². The number of hydrogen-bond donors (Lipinski definition) is 4. The van der Waals surface area contributed by atoms with Gasteiger partial charge in [0.2, 0.25) is 0 Å². The number of fused-ring (bicyclic) bond motifs is 1. The van der Waals surface area contributed by atoms with E-state index in [0.29, 0.717) is 33.3 Å². The highest BCUT2D eigenvalue weighted by Crippen LogP contribution is 2.37. The van der Waals surface area contributed by atoms with E-state index >= 15 is 0 Å². The van der Waals surface area contributed by atoms with Crippen LogP contribution in [0.2, 0.25) is 10.0 Å². The molecule has 0 bridgehead atoms. The number of hydrazine groups is 2. The summed E-state index contributed by atoms with van der Waals surface area (Å²) >= 11 is 12.8. The van der Waals surface area contributed by atoms with Crippen LogP contribution in [0.5, 0.6) is 0 Å². The molecule has 0 aliphatic carbocycles. The molecule has 0 spiro atoms. The highest BCUT2D eigenvalue weighted by Gasteiger charge is 2.32. The monoisotopic (exact) mass is 660 g/mol. The van der Waals surface area contributed by atoms with E-state index in [2.05, 4.69) is 76.1 Å². The number of likely N-dealkylation sites (tertiary alicyclic amines) is 1. The second-order valence-corrected chi connectivity index (χ2v) is 13.2. The number of aromatic nitrogens is 1. The minimum atomic E-state index is -0.622. The molecule has 0 unspecified atom stereocenters. The third kappa shape index (κ3) is 7.32. The minimum Gasteiger partial charge on any atom is -0.373 e. The summed E-state index contributed by atoms with van der Waals surface area (Å²) in [4.78, 5) is 6.96. The number of pyridine rings is 1. The molecule has 2 aliphatic rings. The Morgan fingerprint density at radius 2 is 1.96 bits per heavy atom. The molecule has 2 aliphatic heterocycles. The lowest BCUT2D eigenvalue weighted by molar-refractivity contribution is 0.0570. The van der Waals surface area contributed by atoms with Crippen molar-refractivity contribution in [2.24, 2.45) is 0 Å². The van der Waals surface area contributed by atoms with Gasteiger partial charge in [0, 0.05) is 48.1 Å². The number of nitriles is 1. The van der Waals surface area contributed by atoms with Gasteiger partial charge in [0.15, 0.2) is 5.82 Å². The third-order valence-electron chi connectivity index (χ3n) is 8.28. The Balaban J connectivity index is 1.48. The first-order chi connectivity index (χ1) is 22.0. The Kier molecular flexibility index (Phi) is 10.2. The van der Waals surface area contributed by atoms with Gasteiger partial charge in [-0.15, -0.1) is 5.53 Å². The maximum absolute atomic E-state index is 14.9. The van der Waals surface area contributed by atoms with E-state index in [-0.39, 0.29) is 27.9 Å². The molecule has 0 radical (unpaired) electrons. The zero-order valence-corrected chi connectivity index (χ0v) is 28.0. The van der Waals surface area contributed by atoms with Crippen molar-refractivity contribution in [2.45, 2.75) is 58.2 Å². The van der Waals surface area contributed by atoms with E-state index in [1.165, 1.54) is 12.3 Å². The molecule has 1 atom stereocenters. The van der Waals surface area contributed by atoms with Gasteiger partial charge in [-0.25, -0.2) is 4.39 Å². The minimum absolute atomic E-state index is 0.0330. The summed E-state index contributed by atoms with van der Waals surface area (Å²) in [5, 5.41) is 19.6. The number of benzene rings is 2. The number of rotatable bonds is 9. The molecule has 11 heteroatoms. The molecule has 46 heavy (non-hydrogen) atoms. The smallest absolute Gasteiger partial charge is 0.165 e. The Bertz CT molecular complexity index is 1750. The van der Waals surface area contributed by atoms with Gasteiger partial charge in [-0.3, -0.25) is 14.9 Å². The van der Waals surface area contributed by atoms with Crippen LogP contribution < -0.4 is 21.6 Å². The fraction of sp³-hybridized carbons (Fsp3) is 0.314. The first-order valence-corrected chi connectivity index (χ1v) is 16.0. The number of nitrogens with one attached hydrogen (secondary N) is 4. The van der Waals surface area contributed by atoms with Crippen LogP contribution in [0.25, 0.3) is 10.9 Å². The Morgan fingerprint density at radius 3 is 2.65 bits per heavy atom. The highest BCUT2D eigenvalue weighted by atomic mass is 35.5. The molecule has 4 N–H and O–H groups in total. The van der Waals surface area contributed by atoms with E-state index in [4.69, 9.17) is 23.2 Å². The quantitative estimate of drug-likeness (QED) is 0.171. The fourth-order valence-electron chi connectivity index (χ4n) is 5.72. The van der Waals surface area contributed by atoms with Crippen LogP contribution in [0, 0.1) is 17.1 Å². The summed E-state index contributed by atoms with van der Waals surface area (Å²) in [6.07, 6.45) is 13.4. The number of allylic oxidation sites excluding steroid dienone is 3. The Morgan fingerprint density at radius 1 is 1.20 bits per heavy atom. The summed E-state index contributed by atoms with van der Waals surface area (Å²) in [6.45, 7) is 15.2. The van der Waals surface area contributed by atoms with Crippen molar-refractivity contribution in [2.75, 3.05) is 23.7 Å². The van der Waals surface area contributed by atoms with Crippen molar-refractivity contribution in [1.82, 2.24) is 25.9 Å². The molecule has 0 amide bonds. The maximum Gasteiger partial charge on any atom is 0.165 e. The van der Waals surface area contributed by atoms with Crippen molar-refractivity contribution in [1.29, 1.82) is 5.26 Å². The summed E-state index contributed by atoms with van der Waals surface area (Å²) in [5.74, 6) is -0.622. The topological polar surface area (TPSA) is 91.3 Å². The fourth-order valence-corrected chi connectivity index (χ4v) is 6.17. The molecule has 3 heterocycles. The van der Waals surface area contributed by atoms with Gasteiger partial charge < -0.3 is 16.1 Å². The van der Waals surface area contributed by atoms with Crippen molar-refractivity contribution >= 4 is 51.2 Å². The SMILES string of the molecule is C=C(/C=C\C=C/C)[C@H](Nc1cc(Cl)c2ncc(C#N)c(Nc3cccc(Cl)c3F)c2c1)C1=CN(C2CCN(C(C)(C)C)CC2)NN1. The molecule has 240 valence electrons. The van der Waals surface area contributed by atoms with E-state index in [1.54, 1.807) is 18.2 Å². The van der Waals surface area contributed by atoms with Gasteiger partial charge in [-0.05, 0) is 70.4 Å². The molecule has 5 rings (SSSR count). The van der Waals surface area contributed by atoms with Crippen molar-refractivity contribution in [3.05, 3.63) is 106 Å². The summed E-state index contributed by atoms with van der Waals surface area (Å²) < 4.78 is 14.9. The number of piperidine rings is 1. The van der Waals surface area contributed by atoms with Crippen LogP contribution in [0.15, 0.2) is 84.9 Å². The molecule has 0 saturated carbocycles. The second kappa shape index (κ2) is 14.1. The first kappa shape index (κ1) is 33.3. The van der Waals surface area contributed by atoms with Gasteiger partial charge in [0.25, 0.3) is 0 Å². The number of halogens is 3. The lowest BCUT2D eigenvalue weighted by Crippen LogP contribution is -2.52.